The number of pyridine rings is 1. The van der Waals surface area contributed by atoms with E-state index in [0.717, 1.165) is 41.6 Å². The van der Waals surface area contributed by atoms with Crippen molar-refractivity contribution in [2.75, 3.05) is 11.9 Å². The van der Waals surface area contributed by atoms with Gasteiger partial charge in [0.1, 0.15) is 0 Å². The van der Waals surface area contributed by atoms with E-state index in [-0.39, 0.29) is 17.9 Å². The van der Waals surface area contributed by atoms with Gasteiger partial charge in [-0.25, -0.2) is 0 Å². The van der Waals surface area contributed by atoms with Crippen LogP contribution in [0.1, 0.15) is 55.8 Å². The lowest BCUT2D eigenvalue weighted by Gasteiger charge is -2.33. The minimum atomic E-state index is 0.0185. The van der Waals surface area contributed by atoms with E-state index in [9.17, 15) is 9.59 Å². The molecule has 0 spiro atoms. The maximum Gasteiger partial charge on any atom is 0.227 e. The lowest BCUT2D eigenvalue weighted by Crippen LogP contribution is -2.35. The van der Waals surface area contributed by atoms with E-state index in [4.69, 9.17) is 0 Å². The molecule has 2 aliphatic rings. The number of amides is 2. The van der Waals surface area contributed by atoms with Gasteiger partial charge in [0.2, 0.25) is 11.8 Å². The molecule has 0 saturated heterocycles. The second kappa shape index (κ2) is 7.38. The van der Waals surface area contributed by atoms with Crippen LogP contribution in [0.4, 0.5) is 5.69 Å². The minimum Gasteiger partial charge on any atom is -0.349 e. The standard InChI is InChI=1S/C23H27N3O2/c1-4-21(27)25-23-14(2)5-8-17-18(12-24-13-19(17)23)15-6-9-20-16(11-15)7-10-22(28)26(20)3/h6,9,11-14,23H,4-5,7-8,10H2,1-3H3,(H,25,27). The Morgan fingerprint density at radius 1 is 1.25 bits per heavy atom. The van der Waals surface area contributed by atoms with Crippen LogP contribution < -0.4 is 10.2 Å². The van der Waals surface area contributed by atoms with Crippen molar-refractivity contribution in [1.29, 1.82) is 0 Å². The van der Waals surface area contributed by atoms with Crippen molar-refractivity contribution in [3.8, 4) is 11.1 Å². The van der Waals surface area contributed by atoms with Gasteiger partial charge >= 0.3 is 0 Å². The molecule has 1 aromatic carbocycles. The molecule has 5 nitrogen and oxygen atoms in total. The van der Waals surface area contributed by atoms with Crippen LogP contribution in [0.15, 0.2) is 30.6 Å². The third-order valence-electron chi connectivity index (χ3n) is 6.22. The van der Waals surface area contributed by atoms with Crippen molar-refractivity contribution in [1.82, 2.24) is 10.3 Å². The highest BCUT2D eigenvalue weighted by atomic mass is 16.2. The Morgan fingerprint density at radius 3 is 2.86 bits per heavy atom. The Labute approximate surface area is 166 Å². The summed E-state index contributed by atoms with van der Waals surface area (Å²) in [5, 5.41) is 3.19. The highest BCUT2D eigenvalue weighted by Gasteiger charge is 2.30. The van der Waals surface area contributed by atoms with Crippen LogP contribution in [0.5, 0.6) is 0 Å². The number of benzene rings is 1. The molecule has 5 heteroatoms. The summed E-state index contributed by atoms with van der Waals surface area (Å²) in [5.74, 6) is 0.641. The van der Waals surface area contributed by atoms with Crippen LogP contribution in [0.3, 0.4) is 0 Å². The van der Waals surface area contributed by atoms with Crippen LogP contribution in [0, 0.1) is 5.92 Å². The summed E-state index contributed by atoms with van der Waals surface area (Å²) >= 11 is 0. The van der Waals surface area contributed by atoms with Gasteiger partial charge in [-0.05, 0) is 59.6 Å². The zero-order valence-corrected chi connectivity index (χ0v) is 16.8. The molecule has 28 heavy (non-hydrogen) atoms. The predicted molar refractivity (Wildman–Crippen MR) is 110 cm³/mol. The smallest absolute Gasteiger partial charge is 0.227 e. The molecule has 4 rings (SSSR count). The molecular weight excluding hydrogens is 350 g/mol. The van der Waals surface area contributed by atoms with Gasteiger partial charge in [0.05, 0.1) is 6.04 Å². The van der Waals surface area contributed by atoms with Crippen molar-refractivity contribution in [2.24, 2.45) is 5.92 Å². The van der Waals surface area contributed by atoms with Gasteiger partial charge < -0.3 is 10.2 Å². The largest absolute Gasteiger partial charge is 0.349 e. The Bertz CT molecular complexity index is 937. The number of rotatable bonds is 3. The summed E-state index contributed by atoms with van der Waals surface area (Å²) in [6.45, 7) is 4.08. The summed E-state index contributed by atoms with van der Waals surface area (Å²) < 4.78 is 0. The van der Waals surface area contributed by atoms with Gasteiger partial charge in [0, 0.05) is 43.5 Å². The van der Waals surface area contributed by atoms with E-state index in [2.05, 4.69) is 29.4 Å². The Kier molecular flexibility index (Phi) is 4.92. The minimum absolute atomic E-state index is 0.0185. The molecule has 1 aliphatic carbocycles. The molecule has 0 saturated carbocycles. The molecule has 2 amide bonds. The van der Waals surface area contributed by atoms with Gasteiger partial charge in [-0.1, -0.05) is 19.9 Å². The summed E-state index contributed by atoms with van der Waals surface area (Å²) in [4.78, 5) is 30.3. The number of hydrogen-bond donors (Lipinski definition) is 1. The van der Waals surface area contributed by atoms with Crippen LogP contribution in [-0.2, 0) is 22.4 Å². The highest BCUT2D eigenvalue weighted by molar-refractivity contribution is 5.96. The number of nitrogens with zero attached hydrogens (tertiary/aromatic N) is 2. The fourth-order valence-electron chi connectivity index (χ4n) is 4.46. The Hall–Kier alpha value is -2.69. The molecule has 1 aliphatic heterocycles. The van der Waals surface area contributed by atoms with Crippen molar-refractivity contribution < 1.29 is 9.59 Å². The third kappa shape index (κ3) is 3.19. The lowest BCUT2D eigenvalue weighted by atomic mass is 9.78. The summed E-state index contributed by atoms with van der Waals surface area (Å²) in [5.41, 5.74) is 6.91. The highest BCUT2D eigenvalue weighted by Crippen LogP contribution is 2.40. The maximum absolute atomic E-state index is 12.0. The zero-order valence-electron chi connectivity index (χ0n) is 16.8. The summed E-state index contributed by atoms with van der Waals surface area (Å²) in [6, 6.07) is 6.35. The van der Waals surface area contributed by atoms with Crippen molar-refractivity contribution in [3.05, 3.63) is 47.3 Å². The number of hydrogen-bond acceptors (Lipinski definition) is 3. The van der Waals surface area contributed by atoms with Crippen LogP contribution in [-0.4, -0.2) is 23.8 Å². The van der Waals surface area contributed by atoms with Crippen LogP contribution >= 0.6 is 0 Å². The third-order valence-corrected chi connectivity index (χ3v) is 6.22. The molecule has 1 N–H and O–H groups in total. The number of aryl methyl sites for hydroxylation is 1. The predicted octanol–water partition coefficient (Wildman–Crippen LogP) is 3.81. The quantitative estimate of drug-likeness (QED) is 0.885. The van der Waals surface area contributed by atoms with E-state index < -0.39 is 0 Å². The molecule has 2 aromatic rings. The molecule has 0 radical (unpaired) electrons. The first-order valence-electron chi connectivity index (χ1n) is 10.2. The number of aromatic nitrogens is 1. The van der Waals surface area contributed by atoms with E-state index in [0.29, 0.717) is 18.8 Å². The number of carbonyl (C=O) groups excluding carboxylic acids is 2. The molecular formula is C23H27N3O2. The van der Waals surface area contributed by atoms with Gasteiger partial charge in [-0.2, -0.15) is 0 Å². The fraction of sp³-hybridized carbons (Fsp3) is 0.435. The first-order chi connectivity index (χ1) is 13.5. The monoisotopic (exact) mass is 377 g/mol. The van der Waals surface area contributed by atoms with Gasteiger partial charge in [-0.15, -0.1) is 0 Å². The second-order valence-corrected chi connectivity index (χ2v) is 7.97. The summed E-state index contributed by atoms with van der Waals surface area (Å²) in [7, 11) is 1.84. The number of anilines is 1. The average molecular weight is 377 g/mol. The van der Waals surface area contributed by atoms with Gasteiger partial charge in [0.15, 0.2) is 0 Å². The van der Waals surface area contributed by atoms with Crippen LogP contribution in [0.2, 0.25) is 0 Å². The number of nitrogens with one attached hydrogen (secondary N) is 1. The van der Waals surface area contributed by atoms with Gasteiger partial charge in [-0.3, -0.25) is 14.6 Å². The average Bonchev–Trinajstić information content (AvgIpc) is 2.72. The van der Waals surface area contributed by atoms with E-state index in [1.54, 1.807) is 4.90 Å². The fourth-order valence-corrected chi connectivity index (χ4v) is 4.46. The Balaban J connectivity index is 1.75. The topological polar surface area (TPSA) is 62.3 Å². The SMILES string of the molecule is CCC(=O)NC1c2cncc(-c3ccc4c(c3)CCC(=O)N4C)c2CCC1C. The van der Waals surface area contributed by atoms with E-state index >= 15 is 0 Å². The van der Waals surface area contributed by atoms with Crippen molar-refractivity contribution in [3.63, 3.8) is 0 Å². The molecule has 0 bridgehead atoms. The molecule has 1 aromatic heterocycles. The zero-order chi connectivity index (χ0) is 19.8. The van der Waals surface area contributed by atoms with Crippen LogP contribution in [0.25, 0.3) is 11.1 Å². The molecule has 2 heterocycles. The summed E-state index contributed by atoms with van der Waals surface area (Å²) in [6.07, 6.45) is 7.71. The Morgan fingerprint density at radius 2 is 2.07 bits per heavy atom. The second-order valence-electron chi connectivity index (χ2n) is 7.97. The van der Waals surface area contributed by atoms with Crippen molar-refractivity contribution in [2.45, 2.75) is 52.0 Å². The number of carbonyl (C=O) groups is 2. The van der Waals surface area contributed by atoms with Gasteiger partial charge in [0.25, 0.3) is 0 Å². The van der Waals surface area contributed by atoms with E-state index in [1.807, 2.05) is 32.4 Å². The molecule has 2 atom stereocenters. The molecule has 0 fully saturated rings. The molecule has 2 unspecified atom stereocenters. The first kappa shape index (κ1) is 18.7. The van der Waals surface area contributed by atoms with Crippen molar-refractivity contribution >= 4 is 17.5 Å². The first-order valence-corrected chi connectivity index (χ1v) is 10.2. The van der Waals surface area contributed by atoms with E-state index in [1.165, 1.54) is 11.1 Å². The normalized spacial score (nSPS) is 21.1. The lowest BCUT2D eigenvalue weighted by molar-refractivity contribution is -0.122. The molecule has 146 valence electrons. The maximum atomic E-state index is 12.0. The number of fused-ring (bicyclic) bond motifs is 2.